The number of rotatable bonds is 0. The maximum atomic E-state index is 12.0. The summed E-state index contributed by atoms with van der Waals surface area (Å²) in [4.78, 5) is 14.0. The Balaban J connectivity index is 2.66. The van der Waals surface area contributed by atoms with Crippen LogP contribution in [0.5, 0.6) is 0 Å². The fourth-order valence-electron chi connectivity index (χ4n) is 1.79. The van der Waals surface area contributed by atoms with E-state index in [0.717, 1.165) is 19.6 Å². The maximum absolute atomic E-state index is 12.0. The number of nitrogens with one attached hydrogen (secondary N) is 1. The van der Waals surface area contributed by atoms with Crippen LogP contribution >= 0.6 is 0 Å². The van der Waals surface area contributed by atoms with Crippen molar-refractivity contribution in [1.29, 1.82) is 0 Å². The van der Waals surface area contributed by atoms with Gasteiger partial charge in [-0.25, -0.2) is 0 Å². The van der Waals surface area contributed by atoms with E-state index in [1.807, 2.05) is 25.7 Å². The first-order valence-corrected chi connectivity index (χ1v) is 5.27. The van der Waals surface area contributed by atoms with E-state index in [9.17, 15) is 4.79 Å². The lowest BCUT2D eigenvalue weighted by Crippen LogP contribution is -2.59. The van der Waals surface area contributed by atoms with Crippen LogP contribution in [-0.2, 0) is 4.79 Å². The molecule has 0 aromatic rings. The van der Waals surface area contributed by atoms with Crippen LogP contribution in [0, 0.1) is 5.41 Å². The van der Waals surface area contributed by atoms with Crippen LogP contribution in [0.2, 0.25) is 0 Å². The second-order valence-corrected chi connectivity index (χ2v) is 5.79. The molecule has 1 aliphatic heterocycles. The van der Waals surface area contributed by atoms with Gasteiger partial charge in [0.1, 0.15) is 0 Å². The molecule has 3 heteroatoms. The zero-order valence-corrected chi connectivity index (χ0v) is 9.98. The highest BCUT2D eigenvalue weighted by molar-refractivity contribution is 5.81. The Morgan fingerprint density at radius 1 is 1.36 bits per heavy atom. The molecule has 0 spiro atoms. The fraction of sp³-hybridized carbons (Fsp3) is 0.909. The predicted octanol–water partition coefficient (Wildman–Crippen LogP) is 1.24. The van der Waals surface area contributed by atoms with Crippen molar-refractivity contribution in [3.05, 3.63) is 0 Å². The molecule has 82 valence electrons. The molecule has 3 nitrogen and oxygen atoms in total. The highest BCUT2D eigenvalue weighted by atomic mass is 16.2. The second-order valence-electron chi connectivity index (χ2n) is 5.79. The van der Waals surface area contributed by atoms with Crippen molar-refractivity contribution in [1.82, 2.24) is 10.2 Å². The first-order valence-electron chi connectivity index (χ1n) is 5.27. The van der Waals surface area contributed by atoms with E-state index >= 15 is 0 Å². The van der Waals surface area contributed by atoms with Gasteiger partial charge in [-0.2, -0.15) is 0 Å². The van der Waals surface area contributed by atoms with Gasteiger partial charge in [0.25, 0.3) is 0 Å². The van der Waals surface area contributed by atoms with Gasteiger partial charge in [0, 0.05) is 30.6 Å². The predicted molar refractivity (Wildman–Crippen MR) is 58.1 cm³/mol. The molecule has 14 heavy (non-hydrogen) atoms. The van der Waals surface area contributed by atoms with E-state index in [1.54, 1.807) is 0 Å². The molecule has 0 saturated carbocycles. The summed E-state index contributed by atoms with van der Waals surface area (Å²) in [6.45, 7) is 12.7. The fourth-order valence-corrected chi connectivity index (χ4v) is 1.79. The molecule has 0 radical (unpaired) electrons. The van der Waals surface area contributed by atoms with E-state index in [-0.39, 0.29) is 16.9 Å². The molecule has 1 fully saturated rings. The molecule has 0 bridgehead atoms. The van der Waals surface area contributed by atoms with Crippen molar-refractivity contribution in [3.63, 3.8) is 0 Å². The Labute approximate surface area is 86.9 Å². The lowest BCUT2D eigenvalue weighted by Gasteiger charge is -2.41. The molecule has 1 rings (SSSR count). The summed E-state index contributed by atoms with van der Waals surface area (Å²) in [5.41, 5.74) is -0.202. The third-order valence-electron chi connectivity index (χ3n) is 2.50. The molecule has 1 amide bonds. The summed E-state index contributed by atoms with van der Waals surface area (Å²) in [5, 5.41) is 3.40. The summed E-state index contributed by atoms with van der Waals surface area (Å²) in [5.74, 6) is 0.257. The normalized spacial score (nSPS) is 22.2. The summed E-state index contributed by atoms with van der Waals surface area (Å²) in [6.07, 6.45) is 0. The van der Waals surface area contributed by atoms with Crippen molar-refractivity contribution < 1.29 is 4.79 Å². The van der Waals surface area contributed by atoms with Crippen molar-refractivity contribution in [3.8, 4) is 0 Å². The number of carbonyl (C=O) groups excluding carboxylic acids is 1. The van der Waals surface area contributed by atoms with Crippen molar-refractivity contribution in [2.24, 2.45) is 5.41 Å². The van der Waals surface area contributed by atoms with Crippen molar-refractivity contribution >= 4 is 5.91 Å². The smallest absolute Gasteiger partial charge is 0.228 e. The SMILES string of the molecule is CC1(C)CN(C(=O)C(C)(C)C)CCN1. The molecule has 1 aliphatic rings. The molecule has 1 N–H and O–H groups in total. The van der Waals surface area contributed by atoms with Gasteiger partial charge in [-0.1, -0.05) is 20.8 Å². The number of amides is 1. The quantitative estimate of drug-likeness (QED) is 0.635. The third kappa shape index (κ3) is 2.71. The Bertz CT molecular complexity index is 228. The van der Waals surface area contributed by atoms with E-state index in [1.165, 1.54) is 0 Å². The zero-order chi connectivity index (χ0) is 11.0. The molecule has 0 atom stereocenters. The van der Waals surface area contributed by atoms with Gasteiger partial charge in [-0.05, 0) is 13.8 Å². The first-order chi connectivity index (χ1) is 6.22. The van der Waals surface area contributed by atoms with Gasteiger partial charge in [-0.15, -0.1) is 0 Å². The Hall–Kier alpha value is -0.570. The van der Waals surface area contributed by atoms with E-state index in [2.05, 4.69) is 19.2 Å². The molecule has 0 unspecified atom stereocenters. The van der Waals surface area contributed by atoms with Crippen LogP contribution in [0.3, 0.4) is 0 Å². The van der Waals surface area contributed by atoms with Crippen LogP contribution < -0.4 is 5.32 Å². The first kappa shape index (κ1) is 11.5. The van der Waals surface area contributed by atoms with Crippen LogP contribution in [-0.4, -0.2) is 36.0 Å². The van der Waals surface area contributed by atoms with Gasteiger partial charge < -0.3 is 10.2 Å². The average Bonchev–Trinajstić information content (AvgIpc) is 1.99. The number of carbonyl (C=O) groups is 1. The molecule has 1 saturated heterocycles. The number of piperazine rings is 1. The highest BCUT2D eigenvalue weighted by Gasteiger charge is 2.33. The van der Waals surface area contributed by atoms with Gasteiger partial charge in [-0.3, -0.25) is 4.79 Å². The van der Waals surface area contributed by atoms with Gasteiger partial charge in [0.15, 0.2) is 0 Å². The monoisotopic (exact) mass is 198 g/mol. The molecule has 0 aromatic carbocycles. The lowest BCUT2D eigenvalue weighted by molar-refractivity contribution is -0.141. The van der Waals surface area contributed by atoms with Crippen LogP contribution in [0.25, 0.3) is 0 Å². The molecular weight excluding hydrogens is 176 g/mol. The summed E-state index contributed by atoms with van der Waals surface area (Å²) >= 11 is 0. The molecular formula is C11H22N2O. The largest absolute Gasteiger partial charge is 0.339 e. The van der Waals surface area contributed by atoms with Gasteiger partial charge in [0.2, 0.25) is 5.91 Å². The standard InChI is InChI=1S/C11H22N2O/c1-10(2,3)9(14)13-7-6-12-11(4,5)8-13/h12H,6-8H2,1-5H3. The van der Waals surface area contributed by atoms with Gasteiger partial charge in [0.05, 0.1) is 0 Å². The van der Waals surface area contributed by atoms with Crippen LogP contribution in [0.15, 0.2) is 0 Å². The summed E-state index contributed by atoms with van der Waals surface area (Å²) in [7, 11) is 0. The average molecular weight is 198 g/mol. The van der Waals surface area contributed by atoms with E-state index < -0.39 is 0 Å². The number of hydrogen-bond acceptors (Lipinski definition) is 2. The Morgan fingerprint density at radius 3 is 2.36 bits per heavy atom. The molecule has 1 heterocycles. The minimum absolute atomic E-state index is 0.0547. The van der Waals surface area contributed by atoms with Crippen molar-refractivity contribution in [2.75, 3.05) is 19.6 Å². The van der Waals surface area contributed by atoms with Crippen molar-refractivity contribution in [2.45, 2.75) is 40.2 Å². The lowest BCUT2D eigenvalue weighted by atomic mass is 9.92. The molecule has 0 aliphatic carbocycles. The zero-order valence-electron chi connectivity index (χ0n) is 9.98. The number of hydrogen-bond donors (Lipinski definition) is 1. The van der Waals surface area contributed by atoms with E-state index in [4.69, 9.17) is 0 Å². The summed E-state index contributed by atoms with van der Waals surface area (Å²) in [6, 6.07) is 0. The summed E-state index contributed by atoms with van der Waals surface area (Å²) < 4.78 is 0. The Kier molecular flexibility index (Phi) is 2.91. The topological polar surface area (TPSA) is 32.3 Å². The highest BCUT2D eigenvalue weighted by Crippen LogP contribution is 2.20. The van der Waals surface area contributed by atoms with E-state index in [0.29, 0.717) is 0 Å². The Morgan fingerprint density at radius 2 is 1.93 bits per heavy atom. The maximum Gasteiger partial charge on any atom is 0.228 e. The molecule has 0 aromatic heterocycles. The second kappa shape index (κ2) is 3.54. The minimum Gasteiger partial charge on any atom is -0.339 e. The van der Waals surface area contributed by atoms with Gasteiger partial charge >= 0.3 is 0 Å². The minimum atomic E-state index is -0.257. The third-order valence-corrected chi connectivity index (χ3v) is 2.50. The number of nitrogens with zero attached hydrogens (tertiary/aromatic N) is 1. The van der Waals surface area contributed by atoms with Crippen LogP contribution in [0.1, 0.15) is 34.6 Å². The van der Waals surface area contributed by atoms with Crippen LogP contribution in [0.4, 0.5) is 0 Å².